The molecule has 1 N–H and O–H groups in total. The highest BCUT2D eigenvalue weighted by molar-refractivity contribution is 5.71. The fraction of sp³-hybridized carbons (Fsp3) is 0.632. The lowest BCUT2D eigenvalue weighted by Gasteiger charge is -2.34. The Balaban J connectivity index is 3.72. The smallest absolute Gasteiger partial charge is 0.430 e. The van der Waals surface area contributed by atoms with Gasteiger partial charge >= 0.3 is 18.3 Å². The van der Waals surface area contributed by atoms with Gasteiger partial charge in [-0.1, -0.05) is 27.7 Å². The quantitative estimate of drug-likeness (QED) is 0.478. The maximum atomic E-state index is 13.3. The van der Waals surface area contributed by atoms with Crippen LogP contribution in [-0.2, 0) is 15.1 Å². The molecule has 0 fully saturated rings. The van der Waals surface area contributed by atoms with Crippen LogP contribution in [0.15, 0.2) is 12.1 Å². The molecule has 0 atom stereocenters. The van der Waals surface area contributed by atoms with Gasteiger partial charge in [0, 0.05) is 5.56 Å². The molecule has 0 saturated carbocycles. The van der Waals surface area contributed by atoms with Gasteiger partial charge in [-0.25, -0.2) is 4.79 Å². The van der Waals surface area contributed by atoms with Crippen molar-refractivity contribution in [2.75, 3.05) is 13.2 Å². The number of ether oxygens (including phenoxy) is 2. The number of rotatable bonds is 7. The van der Waals surface area contributed by atoms with E-state index in [4.69, 9.17) is 9.47 Å². The third kappa shape index (κ3) is 5.15. The molecule has 0 unspecified atom stereocenters. The number of hydrogen-bond acceptors (Lipinski definition) is 4. The topological polar surface area (TPSA) is 55.8 Å². The number of aliphatic hydroxyl groups is 1. The van der Waals surface area contributed by atoms with Gasteiger partial charge in [0.2, 0.25) is 0 Å². The molecule has 0 heterocycles. The van der Waals surface area contributed by atoms with Gasteiger partial charge in [-0.3, -0.25) is 0 Å². The summed E-state index contributed by atoms with van der Waals surface area (Å²) in [6.45, 7) is 7.26. The Hall–Kier alpha value is -1.97. The van der Waals surface area contributed by atoms with E-state index in [2.05, 4.69) is 0 Å². The van der Waals surface area contributed by atoms with E-state index in [0.717, 1.165) is 0 Å². The molecule has 0 aromatic heterocycles. The van der Waals surface area contributed by atoms with Crippen molar-refractivity contribution >= 4 is 5.97 Å². The van der Waals surface area contributed by atoms with E-state index in [0.29, 0.717) is 12.1 Å². The minimum Gasteiger partial charge on any atom is -0.481 e. The van der Waals surface area contributed by atoms with Gasteiger partial charge in [-0.05, 0) is 42.0 Å². The first-order valence-electron chi connectivity index (χ1n) is 8.90. The fourth-order valence-electron chi connectivity index (χ4n) is 2.73. The minimum absolute atomic E-state index is 0.00139. The molecular weight excluding hydrogens is 406 g/mol. The molecular formula is C19H24F6O4. The number of benzene rings is 1. The summed E-state index contributed by atoms with van der Waals surface area (Å²) >= 11 is 0. The van der Waals surface area contributed by atoms with Gasteiger partial charge in [0.25, 0.3) is 5.60 Å². The Bertz CT molecular complexity index is 679. The van der Waals surface area contributed by atoms with E-state index in [9.17, 15) is 36.2 Å². The molecule has 29 heavy (non-hydrogen) atoms. The van der Waals surface area contributed by atoms with Crippen LogP contribution in [0.25, 0.3) is 0 Å². The van der Waals surface area contributed by atoms with Crippen LogP contribution in [0.4, 0.5) is 26.3 Å². The first-order valence-corrected chi connectivity index (χ1v) is 8.90. The molecule has 0 aliphatic carbocycles. The van der Waals surface area contributed by atoms with Gasteiger partial charge in [0.1, 0.15) is 5.75 Å². The molecule has 1 rings (SSSR count). The van der Waals surface area contributed by atoms with Gasteiger partial charge in [0.15, 0.2) is 6.61 Å². The molecule has 10 heteroatoms. The van der Waals surface area contributed by atoms with Crippen molar-refractivity contribution in [1.82, 2.24) is 0 Å². The number of esters is 1. The lowest BCUT2D eigenvalue weighted by Crippen LogP contribution is -2.54. The highest BCUT2D eigenvalue weighted by atomic mass is 19.4. The van der Waals surface area contributed by atoms with Crippen LogP contribution in [0, 0.1) is 0 Å². The van der Waals surface area contributed by atoms with Crippen LogP contribution in [0.3, 0.4) is 0 Å². The van der Waals surface area contributed by atoms with E-state index >= 15 is 0 Å². The Kier molecular flexibility index (Phi) is 7.61. The zero-order valence-corrected chi connectivity index (χ0v) is 16.7. The fourth-order valence-corrected chi connectivity index (χ4v) is 2.73. The Morgan fingerprint density at radius 1 is 0.966 bits per heavy atom. The number of halogens is 6. The Morgan fingerprint density at radius 2 is 1.38 bits per heavy atom. The molecule has 1 aromatic carbocycles. The van der Waals surface area contributed by atoms with Crippen LogP contribution < -0.4 is 4.74 Å². The zero-order valence-electron chi connectivity index (χ0n) is 16.7. The van der Waals surface area contributed by atoms with Crippen molar-refractivity contribution in [2.45, 2.75) is 64.4 Å². The largest absolute Gasteiger partial charge is 0.481 e. The van der Waals surface area contributed by atoms with Crippen molar-refractivity contribution in [3.05, 3.63) is 28.8 Å². The van der Waals surface area contributed by atoms with Gasteiger partial charge in [0.05, 0.1) is 6.61 Å². The molecule has 0 aliphatic rings. The van der Waals surface area contributed by atoms with Gasteiger partial charge in [-0.15, -0.1) is 0 Å². The molecule has 0 saturated heterocycles. The van der Waals surface area contributed by atoms with E-state index in [-0.39, 0.29) is 23.5 Å². The van der Waals surface area contributed by atoms with E-state index in [1.54, 1.807) is 34.6 Å². The van der Waals surface area contributed by atoms with Crippen molar-refractivity contribution < 1.29 is 45.7 Å². The molecule has 0 radical (unpaired) electrons. The molecule has 0 amide bonds. The second-order valence-corrected chi connectivity index (χ2v) is 7.09. The summed E-state index contributed by atoms with van der Waals surface area (Å²) in [6, 6.07) is 1.25. The predicted molar refractivity (Wildman–Crippen MR) is 92.8 cm³/mol. The van der Waals surface area contributed by atoms with Crippen LogP contribution >= 0.6 is 0 Å². The monoisotopic (exact) mass is 430 g/mol. The van der Waals surface area contributed by atoms with E-state index in [1.807, 2.05) is 0 Å². The highest BCUT2D eigenvalue weighted by Gasteiger charge is 2.71. The lowest BCUT2D eigenvalue weighted by molar-refractivity contribution is -0.376. The van der Waals surface area contributed by atoms with Crippen molar-refractivity contribution in [3.8, 4) is 5.75 Å². The lowest BCUT2D eigenvalue weighted by atomic mass is 9.84. The maximum absolute atomic E-state index is 13.3. The Morgan fingerprint density at radius 3 is 1.69 bits per heavy atom. The predicted octanol–water partition coefficient (Wildman–Crippen LogP) is 5.19. The third-order valence-electron chi connectivity index (χ3n) is 4.27. The third-order valence-corrected chi connectivity index (χ3v) is 4.27. The second kappa shape index (κ2) is 8.81. The van der Waals surface area contributed by atoms with E-state index in [1.165, 1.54) is 0 Å². The summed E-state index contributed by atoms with van der Waals surface area (Å²) in [4.78, 5) is 11.6. The molecule has 0 aliphatic heterocycles. The standard InChI is InChI=1S/C19H24F6O4/c1-6-28-15(26)9-29-16-13(10(2)3)7-12(8-14(16)11(4)5)17(27,18(20,21)22)19(23,24)25/h7-8,10-11,27H,6,9H2,1-5H3. The normalized spacial score (nSPS) is 13.2. The second-order valence-electron chi connectivity index (χ2n) is 7.09. The molecule has 1 aromatic rings. The summed E-state index contributed by atoms with van der Waals surface area (Å²) < 4.78 is 90.1. The summed E-state index contributed by atoms with van der Waals surface area (Å²) in [7, 11) is 0. The number of carbonyl (C=O) groups is 1. The number of carbonyl (C=O) groups excluding carboxylic acids is 1. The first-order chi connectivity index (χ1) is 13.1. The molecule has 0 bridgehead atoms. The first kappa shape index (κ1) is 25.1. The van der Waals surface area contributed by atoms with Crippen molar-refractivity contribution in [3.63, 3.8) is 0 Å². The molecule has 4 nitrogen and oxygen atoms in total. The van der Waals surface area contributed by atoms with Crippen molar-refractivity contribution in [1.29, 1.82) is 0 Å². The average Bonchev–Trinajstić information content (AvgIpc) is 2.56. The summed E-state index contributed by atoms with van der Waals surface area (Å²) in [5.74, 6) is -1.85. The van der Waals surface area contributed by atoms with Gasteiger partial charge < -0.3 is 14.6 Å². The summed E-state index contributed by atoms with van der Waals surface area (Å²) in [5, 5.41) is 9.78. The molecule has 0 spiro atoms. The van der Waals surface area contributed by atoms with Crippen LogP contribution in [0.1, 0.15) is 63.1 Å². The van der Waals surface area contributed by atoms with Crippen LogP contribution in [0.5, 0.6) is 5.75 Å². The minimum atomic E-state index is -6.00. The average molecular weight is 430 g/mol. The number of alkyl halides is 6. The number of hydrogen-bond donors (Lipinski definition) is 1. The molecule has 166 valence electrons. The zero-order chi connectivity index (χ0) is 22.8. The highest BCUT2D eigenvalue weighted by Crippen LogP contribution is 2.52. The maximum Gasteiger partial charge on any atom is 0.430 e. The summed E-state index contributed by atoms with van der Waals surface area (Å²) in [6.07, 6.45) is -12.0. The van der Waals surface area contributed by atoms with Gasteiger partial charge in [-0.2, -0.15) is 26.3 Å². The van der Waals surface area contributed by atoms with Crippen molar-refractivity contribution in [2.24, 2.45) is 0 Å². The Labute approximate surface area is 164 Å². The summed E-state index contributed by atoms with van der Waals surface area (Å²) in [5.41, 5.74) is -6.40. The SMILES string of the molecule is CCOC(=O)COc1c(C(C)C)cc(C(O)(C(F)(F)F)C(F)(F)F)cc1C(C)C. The van der Waals surface area contributed by atoms with E-state index < -0.39 is 47.9 Å². The van der Waals surface area contributed by atoms with Crippen LogP contribution in [-0.4, -0.2) is 36.6 Å². The van der Waals surface area contributed by atoms with Crippen LogP contribution in [0.2, 0.25) is 0 Å².